The Morgan fingerprint density at radius 2 is 0.958 bits per heavy atom. The average Bonchev–Trinajstić information content (AvgIpc) is 2.97. The molecule has 8 nitrogen and oxygen atoms in total. The molecule has 2 aromatic rings. The number of rotatable bonds is 12. The number of hydrogen-bond donors (Lipinski definition) is 0. The van der Waals surface area contributed by atoms with Crippen LogP contribution in [0.4, 0.5) is 0 Å². The second-order valence-electron chi connectivity index (χ2n) is 13.6. The van der Waals surface area contributed by atoms with E-state index in [-0.39, 0.29) is 54.2 Å². The largest absolute Gasteiger partial charge is 0.462 e. The molecule has 0 heterocycles. The Bertz CT molecular complexity index is 1480. The highest BCUT2D eigenvalue weighted by Gasteiger charge is 2.38. The van der Waals surface area contributed by atoms with Crippen molar-refractivity contribution in [3.63, 3.8) is 0 Å². The van der Waals surface area contributed by atoms with Crippen LogP contribution in [0.15, 0.2) is 12.1 Å². The molecule has 0 radical (unpaired) electrons. The molecule has 0 bridgehead atoms. The third kappa shape index (κ3) is 9.23. The third-order valence-corrected chi connectivity index (χ3v) is 11.0. The predicted octanol–water partition coefficient (Wildman–Crippen LogP) is 10.9. The van der Waals surface area contributed by atoms with E-state index in [1.807, 2.05) is 0 Å². The number of esters is 4. The second kappa shape index (κ2) is 15.9. The van der Waals surface area contributed by atoms with Crippen molar-refractivity contribution >= 4 is 93.5 Å². The summed E-state index contributed by atoms with van der Waals surface area (Å²) < 4.78 is 21.2. The first-order chi connectivity index (χ1) is 22.4. The first kappa shape index (κ1) is 38.9. The summed E-state index contributed by atoms with van der Waals surface area (Å²) >= 11 is 37.4. The predicted molar refractivity (Wildman–Crippen MR) is 186 cm³/mol. The smallest absolute Gasteiger partial charge is 0.423 e. The zero-order valence-corrected chi connectivity index (χ0v) is 31.4. The van der Waals surface area contributed by atoms with Gasteiger partial charge in [0, 0.05) is 0 Å². The zero-order valence-electron chi connectivity index (χ0n) is 26.9. The van der Waals surface area contributed by atoms with Crippen molar-refractivity contribution in [2.75, 3.05) is 13.2 Å². The maximum atomic E-state index is 13.1. The molecule has 0 spiro atoms. The van der Waals surface area contributed by atoms with Crippen LogP contribution in [0, 0.1) is 22.7 Å². The maximum absolute atomic E-state index is 13.1. The highest BCUT2D eigenvalue weighted by Crippen LogP contribution is 2.49. The van der Waals surface area contributed by atoms with E-state index in [0.717, 1.165) is 50.7 Å². The first-order valence-electron chi connectivity index (χ1n) is 15.6. The fraction of sp³-hybridized carbons (Fsp3) is 0.529. The van der Waals surface area contributed by atoms with Gasteiger partial charge in [0.05, 0.1) is 43.3 Å². The van der Waals surface area contributed by atoms with Crippen molar-refractivity contribution in [2.24, 2.45) is 22.7 Å². The molecule has 262 valence electrons. The fourth-order valence-corrected chi connectivity index (χ4v) is 8.55. The summed E-state index contributed by atoms with van der Waals surface area (Å²) in [6.07, 6.45) is 7.29. The molecule has 4 rings (SSSR count). The molecule has 2 aromatic carbocycles. The maximum Gasteiger partial charge on any atom is 0.423 e. The highest BCUT2D eigenvalue weighted by molar-refractivity contribution is 6.47. The van der Waals surface area contributed by atoms with E-state index in [9.17, 15) is 19.2 Å². The summed E-state index contributed by atoms with van der Waals surface area (Å²) in [7, 11) is 0. The van der Waals surface area contributed by atoms with Crippen LogP contribution in [0.1, 0.15) is 99.8 Å². The van der Waals surface area contributed by atoms with Crippen LogP contribution in [0.2, 0.25) is 30.1 Å². The van der Waals surface area contributed by atoms with Crippen molar-refractivity contribution in [3.05, 3.63) is 53.4 Å². The van der Waals surface area contributed by atoms with Crippen molar-refractivity contribution in [1.29, 1.82) is 0 Å². The van der Waals surface area contributed by atoms with E-state index in [1.54, 1.807) is 0 Å². The van der Waals surface area contributed by atoms with Gasteiger partial charge in [-0.25, -0.2) is 19.2 Å². The summed E-state index contributed by atoms with van der Waals surface area (Å²) in [5, 5.41) is -1.46. The number of ether oxygens (including phenoxy) is 4. The van der Waals surface area contributed by atoms with Gasteiger partial charge in [-0.05, 0) is 86.2 Å². The second-order valence-corrected chi connectivity index (χ2v) is 16.0. The average molecular weight is 785 g/mol. The van der Waals surface area contributed by atoms with Gasteiger partial charge < -0.3 is 18.9 Å². The fourth-order valence-electron chi connectivity index (χ4n) is 7.12. The molecule has 0 aromatic heterocycles. The minimum absolute atomic E-state index is 0.0614. The quantitative estimate of drug-likeness (QED) is 0.0689. The molecule has 0 amide bonds. The van der Waals surface area contributed by atoms with Crippen LogP contribution < -0.4 is 9.47 Å². The number of halogens is 6. The molecule has 48 heavy (non-hydrogen) atoms. The monoisotopic (exact) mass is 782 g/mol. The standard InChI is InChI=1S/C34H36Cl6O8/c1-17-13-33(3,14-17)7-5-9-45-29(41)23-25(39)19(35)11-21(37)27(23)47-31(43)32(44)48-28-22(38)12-20(36)26(40)24(28)30(42)46-10-6-8-34(4)15-18(2)16-34/h11-12,17-18H,5-10,13-16H2,1-4H3. The van der Waals surface area contributed by atoms with Crippen molar-refractivity contribution in [3.8, 4) is 11.5 Å². The van der Waals surface area contributed by atoms with Gasteiger partial charge in [0.15, 0.2) is 11.5 Å². The van der Waals surface area contributed by atoms with Gasteiger partial charge in [-0.15, -0.1) is 0 Å². The zero-order chi connectivity index (χ0) is 35.6. The topological polar surface area (TPSA) is 105 Å². The van der Waals surface area contributed by atoms with Crippen molar-refractivity contribution in [1.82, 2.24) is 0 Å². The van der Waals surface area contributed by atoms with E-state index >= 15 is 0 Å². The van der Waals surface area contributed by atoms with E-state index in [2.05, 4.69) is 27.7 Å². The summed E-state index contributed by atoms with van der Waals surface area (Å²) in [6, 6.07) is 2.26. The molecule has 0 aliphatic heterocycles. The lowest BCUT2D eigenvalue weighted by Crippen LogP contribution is -2.33. The summed E-state index contributed by atoms with van der Waals surface area (Å²) in [5.74, 6) is -5.03. The van der Waals surface area contributed by atoms with Crippen LogP contribution in [-0.2, 0) is 19.1 Å². The van der Waals surface area contributed by atoms with Gasteiger partial charge in [0.25, 0.3) is 0 Å². The van der Waals surface area contributed by atoms with Gasteiger partial charge >= 0.3 is 23.9 Å². The Labute approximate surface area is 309 Å². The van der Waals surface area contributed by atoms with Crippen LogP contribution in [0.3, 0.4) is 0 Å². The van der Waals surface area contributed by atoms with Crippen LogP contribution in [0.5, 0.6) is 11.5 Å². The summed E-state index contributed by atoms with van der Waals surface area (Å²) in [4.78, 5) is 52.2. The molecule has 2 saturated carbocycles. The molecule has 0 unspecified atom stereocenters. The number of carbonyl (C=O) groups excluding carboxylic acids is 4. The van der Waals surface area contributed by atoms with Gasteiger partial charge in [-0.3, -0.25) is 0 Å². The lowest BCUT2D eigenvalue weighted by atomic mass is 9.62. The number of carbonyl (C=O) groups is 4. The third-order valence-electron chi connectivity index (χ3n) is 8.90. The molecule has 2 aliphatic carbocycles. The Morgan fingerprint density at radius 3 is 1.27 bits per heavy atom. The summed E-state index contributed by atoms with van der Waals surface area (Å²) in [5.41, 5.74) is -0.517. The van der Waals surface area contributed by atoms with Crippen molar-refractivity contribution in [2.45, 2.75) is 79.1 Å². The van der Waals surface area contributed by atoms with Gasteiger partial charge in [-0.2, -0.15) is 0 Å². The lowest BCUT2D eigenvalue weighted by molar-refractivity contribution is -0.156. The van der Waals surface area contributed by atoms with E-state index in [4.69, 9.17) is 88.6 Å². The Morgan fingerprint density at radius 1 is 0.625 bits per heavy atom. The molecule has 2 fully saturated rings. The molecule has 0 atom stereocenters. The van der Waals surface area contributed by atoms with E-state index in [1.165, 1.54) is 0 Å². The van der Waals surface area contributed by atoms with Crippen LogP contribution in [-0.4, -0.2) is 37.1 Å². The molecule has 14 heteroatoms. The molecule has 2 aliphatic rings. The first-order valence-corrected chi connectivity index (χ1v) is 17.8. The van der Waals surface area contributed by atoms with Crippen molar-refractivity contribution < 1.29 is 38.1 Å². The van der Waals surface area contributed by atoms with E-state index < -0.39 is 46.5 Å². The van der Waals surface area contributed by atoms with Gasteiger partial charge in [-0.1, -0.05) is 97.3 Å². The van der Waals surface area contributed by atoms with E-state index in [0.29, 0.717) is 24.7 Å². The Hall–Kier alpha value is -1.94. The SMILES string of the molecule is CC1CC(C)(CCCOC(=O)c2c(Cl)c(Cl)cc(Cl)c2OC(=O)C(=O)Oc2c(Cl)cc(Cl)c(Cl)c2C(=O)OCCCC2(C)CC(C)C2)C1. The minimum atomic E-state index is -1.64. The number of hydrogen-bond acceptors (Lipinski definition) is 8. The van der Waals surface area contributed by atoms with Crippen LogP contribution in [0.25, 0.3) is 0 Å². The Balaban J connectivity index is 1.45. The van der Waals surface area contributed by atoms with Gasteiger partial charge in [0.2, 0.25) is 0 Å². The van der Waals surface area contributed by atoms with Gasteiger partial charge in [0.1, 0.15) is 11.1 Å². The lowest BCUT2D eigenvalue weighted by Gasteiger charge is -2.44. The molecule has 0 N–H and O–H groups in total. The number of benzene rings is 2. The van der Waals surface area contributed by atoms with Crippen LogP contribution >= 0.6 is 69.6 Å². The highest BCUT2D eigenvalue weighted by atomic mass is 35.5. The molecular weight excluding hydrogens is 749 g/mol. The molecule has 0 saturated heterocycles. The Kier molecular flexibility index (Phi) is 12.9. The summed E-state index contributed by atoms with van der Waals surface area (Å²) in [6.45, 7) is 8.88. The molecular formula is C34H36Cl6O8. The normalized spacial score (nSPS) is 23.0. The minimum Gasteiger partial charge on any atom is -0.462 e.